The molecule has 0 aliphatic heterocycles. The number of anilines is 1. The number of nitrogens with one attached hydrogen (secondary N) is 1. The van der Waals surface area contributed by atoms with Crippen LogP contribution >= 0.6 is 0 Å². The van der Waals surface area contributed by atoms with Crippen LogP contribution in [0, 0.1) is 11.6 Å². The van der Waals surface area contributed by atoms with Crippen molar-refractivity contribution >= 4 is 17.8 Å². The lowest BCUT2D eigenvalue weighted by molar-refractivity contribution is -0.120. The summed E-state index contributed by atoms with van der Waals surface area (Å²) in [4.78, 5) is 10.9. The smallest absolute Gasteiger partial charge is 0.255 e. The van der Waals surface area contributed by atoms with Crippen molar-refractivity contribution in [2.24, 2.45) is 10.8 Å². The molecule has 2 rings (SSSR count). The lowest BCUT2D eigenvalue weighted by atomic mass is 10.2. The SMILES string of the molecule is COc1cc(/C=N\Nc2ccc(F)cc2F)cc(OC)c1OCC(N)=O. The molecule has 0 aliphatic rings. The number of carbonyl (C=O) groups is 1. The number of halogens is 2. The summed E-state index contributed by atoms with van der Waals surface area (Å²) in [5.74, 6) is -1.31. The minimum atomic E-state index is -0.771. The average molecular weight is 365 g/mol. The fraction of sp³-hybridized carbons (Fsp3) is 0.176. The minimum Gasteiger partial charge on any atom is -0.493 e. The number of amides is 1. The topological polar surface area (TPSA) is 95.2 Å². The Hall–Kier alpha value is -3.36. The molecule has 2 aromatic rings. The maximum absolute atomic E-state index is 13.5. The van der Waals surface area contributed by atoms with E-state index in [0.717, 1.165) is 12.1 Å². The van der Waals surface area contributed by atoms with E-state index in [4.69, 9.17) is 19.9 Å². The van der Waals surface area contributed by atoms with Crippen LogP contribution in [0.4, 0.5) is 14.5 Å². The molecule has 0 heterocycles. The highest BCUT2D eigenvalue weighted by Crippen LogP contribution is 2.38. The van der Waals surface area contributed by atoms with Crippen molar-refractivity contribution in [2.75, 3.05) is 26.3 Å². The lowest BCUT2D eigenvalue weighted by Gasteiger charge is -2.14. The molecule has 0 aromatic heterocycles. The number of hydrogen-bond acceptors (Lipinski definition) is 6. The fourth-order valence-electron chi connectivity index (χ4n) is 2.02. The maximum Gasteiger partial charge on any atom is 0.255 e. The first kappa shape index (κ1) is 19.0. The van der Waals surface area contributed by atoms with Crippen molar-refractivity contribution < 1.29 is 27.8 Å². The second kappa shape index (κ2) is 8.65. The van der Waals surface area contributed by atoms with Crippen molar-refractivity contribution in [2.45, 2.75) is 0 Å². The van der Waals surface area contributed by atoms with E-state index in [1.165, 1.54) is 26.5 Å². The van der Waals surface area contributed by atoms with Gasteiger partial charge in [0.05, 0.1) is 26.1 Å². The van der Waals surface area contributed by atoms with Crippen LogP contribution in [0.1, 0.15) is 5.56 Å². The van der Waals surface area contributed by atoms with Gasteiger partial charge in [0.25, 0.3) is 5.91 Å². The number of methoxy groups -OCH3 is 2. The monoisotopic (exact) mass is 365 g/mol. The number of nitrogens with zero attached hydrogens (tertiary/aromatic N) is 1. The van der Waals surface area contributed by atoms with Gasteiger partial charge in [-0.15, -0.1) is 0 Å². The quantitative estimate of drug-likeness (QED) is 0.553. The normalized spacial score (nSPS) is 10.6. The summed E-state index contributed by atoms with van der Waals surface area (Å²) in [7, 11) is 2.83. The van der Waals surface area contributed by atoms with Crippen LogP contribution in [-0.4, -0.2) is 32.9 Å². The van der Waals surface area contributed by atoms with Gasteiger partial charge < -0.3 is 19.9 Å². The zero-order valence-electron chi connectivity index (χ0n) is 14.1. The number of nitrogens with two attached hydrogens (primary N) is 1. The Bertz CT molecular complexity index is 803. The molecule has 0 radical (unpaired) electrons. The Morgan fingerprint density at radius 3 is 2.38 bits per heavy atom. The fourth-order valence-corrected chi connectivity index (χ4v) is 2.02. The van der Waals surface area contributed by atoms with Crippen molar-refractivity contribution in [3.05, 3.63) is 47.5 Å². The van der Waals surface area contributed by atoms with Crippen molar-refractivity contribution in [3.8, 4) is 17.2 Å². The first-order valence-electron chi connectivity index (χ1n) is 7.36. The molecule has 0 atom stereocenters. The van der Waals surface area contributed by atoms with Crippen LogP contribution in [-0.2, 0) is 4.79 Å². The molecular weight excluding hydrogens is 348 g/mol. The van der Waals surface area contributed by atoms with Gasteiger partial charge in [-0.25, -0.2) is 8.78 Å². The predicted molar refractivity (Wildman–Crippen MR) is 91.8 cm³/mol. The number of benzene rings is 2. The molecule has 2 aromatic carbocycles. The highest BCUT2D eigenvalue weighted by atomic mass is 19.1. The van der Waals surface area contributed by atoms with Gasteiger partial charge in [0.2, 0.25) is 5.75 Å². The molecule has 138 valence electrons. The highest BCUT2D eigenvalue weighted by molar-refractivity contribution is 5.83. The van der Waals surface area contributed by atoms with Crippen molar-refractivity contribution in [3.63, 3.8) is 0 Å². The number of ether oxygens (including phenoxy) is 3. The molecule has 3 N–H and O–H groups in total. The number of hydrazone groups is 1. The average Bonchev–Trinajstić information content (AvgIpc) is 2.61. The summed E-state index contributed by atoms with van der Waals surface area (Å²) >= 11 is 0. The van der Waals surface area contributed by atoms with Gasteiger partial charge in [-0.05, 0) is 24.3 Å². The summed E-state index contributed by atoms with van der Waals surface area (Å²) in [6, 6.07) is 6.23. The second-order valence-corrected chi connectivity index (χ2v) is 5.00. The maximum atomic E-state index is 13.5. The van der Waals surface area contributed by atoms with E-state index in [1.54, 1.807) is 12.1 Å². The number of rotatable bonds is 8. The molecule has 0 spiro atoms. The molecule has 0 saturated heterocycles. The largest absolute Gasteiger partial charge is 0.493 e. The number of hydrogen-bond donors (Lipinski definition) is 2. The van der Waals surface area contributed by atoms with E-state index in [2.05, 4.69) is 10.5 Å². The van der Waals surface area contributed by atoms with Gasteiger partial charge in [0.1, 0.15) is 5.82 Å². The molecular formula is C17H17F2N3O4. The van der Waals surface area contributed by atoms with Crippen molar-refractivity contribution in [1.29, 1.82) is 0 Å². The summed E-state index contributed by atoms with van der Waals surface area (Å²) in [6.07, 6.45) is 1.38. The van der Waals surface area contributed by atoms with E-state index in [1.807, 2.05) is 0 Å². The van der Waals surface area contributed by atoms with Gasteiger partial charge in [0.15, 0.2) is 23.9 Å². The second-order valence-electron chi connectivity index (χ2n) is 5.00. The molecule has 0 aliphatic carbocycles. The zero-order chi connectivity index (χ0) is 19.1. The van der Waals surface area contributed by atoms with E-state index in [0.29, 0.717) is 17.1 Å². The van der Waals surface area contributed by atoms with Crippen LogP contribution in [0.25, 0.3) is 0 Å². The zero-order valence-corrected chi connectivity index (χ0v) is 14.1. The summed E-state index contributed by atoms with van der Waals surface area (Å²) in [6.45, 7) is -0.342. The van der Waals surface area contributed by atoms with Crippen LogP contribution in [0.3, 0.4) is 0 Å². The first-order chi connectivity index (χ1) is 12.4. The first-order valence-corrected chi connectivity index (χ1v) is 7.36. The molecule has 1 amide bonds. The van der Waals surface area contributed by atoms with E-state index < -0.39 is 17.5 Å². The third-order valence-corrected chi connectivity index (χ3v) is 3.17. The van der Waals surface area contributed by atoms with Gasteiger partial charge in [-0.3, -0.25) is 10.2 Å². The van der Waals surface area contributed by atoms with E-state index in [9.17, 15) is 13.6 Å². The Morgan fingerprint density at radius 1 is 1.19 bits per heavy atom. The van der Waals surface area contributed by atoms with Crippen LogP contribution < -0.4 is 25.4 Å². The molecule has 7 nitrogen and oxygen atoms in total. The van der Waals surface area contributed by atoms with Crippen LogP contribution in [0.15, 0.2) is 35.4 Å². The number of primary amides is 1. The van der Waals surface area contributed by atoms with Crippen LogP contribution in [0.2, 0.25) is 0 Å². The Balaban J connectivity index is 2.22. The molecule has 0 unspecified atom stereocenters. The molecule has 0 fully saturated rings. The van der Waals surface area contributed by atoms with E-state index in [-0.39, 0.29) is 18.0 Å². The summed E-state index contributed by atoms with van der Waals surface area (Å²) in [5.41, 5.74) is 8.10. The lowest BCUT2D eigenvalue weighted by Crippen LogP contribution is -2.20. The third kappa shape index (κ3) is 4.82. The van der Waals surface area contributed by atoms with Gasteiger partial charge >= 0.3 is 0 Å². The number of carbonyl (C=O) groups excluding carboxylic acids is 1. The van der Waals surface area contributed by atoms with Gasteiger partial charge in [-0.1, -0.05) is 0 Å². The van der Waals surface area contributed by atoms with Gasteiger partial charge in [-0.2, -0.15) is 5.10 Å². The molecule has 0 saturated carbocycles. The Labute approximate surface area is 148 Å². The van der Waals surface area contributed by atoms with Gasteiger partial charge in [0, 0.05) is 11.6 Å². The molecule has 9 heteroatoms. The molecule has 0 bridgehead atoms. The summed E-state index contributed by atoms with van der Waals surface area (Å²) < 4.78 is 42.2. The highest BCUT2D eigenvalue weighted by Gasteiger charge is 2.14. The standard InChI is InChI=1S/C17H17F2N3O4/c1-24-14-5-10(6-15(25-2)17(14)26-9-16(20)23)8-21-22-13-4-3-11(18)7-12(13)19/h3-8,22H,9H2,1-2H3,(H2,20,23)/b21-8-. The predicted octanol–water partition coefficient (Wildman–Crippen LogP) is 2.29. The summed E-state index contributed by atoms with van der Waals surface area (Å²) in [5, 5.41) is 3.89. The van der Waals surface area contributed by atoms with E-state index >= 15 is 0 Å². The third-order valence-electron chi connectivity index (χ3n) is 3.17. The Morgan fingerprint density at radius 2 is 1.85 bits per heavy atom. The molecule has 26 heavy (non-hydrogen) atoms. The minimum absolute atomic E-state index is 0.0167. The van der Waals surface area contributed by atoms with Crippen LogP contribution in [0.5, 0.6) is 17.2 Å². The Kier molecular flexibility index (Phi) is 6.31. The van der Waals surface area contributed by atoms with Crippen molar-refractivity contribution in [1.82, 2.24) is 0 Å².